The molecule has 3 heteroatoms. The Labute approximate surface area is 93.7 Å². The third-order valence-corrected chi connectivity index (χ3v) is 3.63. The van der Waals surface area contributed by atoms with E-state index in [9.17, 15) is 0 Å². The van der Waals surface area contributed by atoms with Gasteiger partial charge >= 0.3 is 0 Å². The Bertz CT molecular complexity index is 161. The van der Waals surface area contributed by atoms with Crippen LogP contribution in [0.4, 0.5) is 0 Å². The maximum absolute atomic E-state index is 6.05. The van der Waals surface area contributed by atoms with Gasteiger partial charge in [-0.1, -0.05) is 32.6 Å². The zero-order valence-electron chi connectivity index (χ0n) is 10.2. The minimum Gasteiger partial charge on any atom is -0.374 e. The van der Waals surface area contributed by atoms with Gasteiger partial charge in [-0.2, -0.15) is 0 Å². The fourth-order valence-electron chi connectivity index (χ4n) is 2.85. The van der Waals surface area contributed by atoms with Crippen LogP contribution in [-0.4, -0.2) is 18.2 Å². The van der Waals surface area contributed by atoms with Gasteiger partial charge in [-0.3, -0.25) is 11.3 Å². The van der Waals surface area contributed by atoms with Crippen molar-refractivity contribution in [1.29, 1.82) is 0 Å². The molecule has 1 rings (SSSR count). The second kappa shape index (κ2) is 6.46. The highest BCUT2D eigenvalue weighted by molar-refractivity contribution is 4.93. The number of hydrogen-bond acceptors (Lipinski definition) is 3. The number of hydrazine groups is 1. The molecule has 3 N–H and O–H groups in total. The topological polar surface area (TPSA) is 47.3 Å². The third kappa shape index (κ3) is 3.16. The minimum absolute atomic E-state index is 0.00521. The van der Waals surface area contributed by atoms with E-state index in [1.54, 1.807) is 0 Å². The average molecular weight is 214 g/mol. The smallest absolute Gasteiger partial charge is 0.0847 e. The van der Waals surface area contributed by atoms with E-state index in [1.807, 2.05) is 0 Å². The van der Waals surface area contributed by atoms with E-state index in [1.165, 1.54) is 25.7 Å². The summed E-state index contributed by atoms with van der Waals surface area (Å²) in [5.41, 5.74) is 2.94. The van der Waals surface area contributed by atoms with Crippen LogP contribution in [-0.2, 0) is 4.74 Å². The van der Waals surface area contributed by atoms with Crippen LogP contribution in [0.15, 0.2) is 0 Å². The molecule has 0 aliphatic heterocycles. The van der Waals surface area contributed by atoms with E-state index in [2.05, 4.69) is 19.3 Å². The first-order valence-electron chi connectivity index (χ1n) is 6.39. The summed E-state index contributed by atoms with van der Waals surface area (Å²) in [5, 5.41) is 0. The summed E-state index contributed by atoms with van der Waals surface area (Å²) in [4.78, 5) is 0. The summed E-state index contributed by atoms with van der Waals surface area (Å²) in [6, 6.07) is 0.301. The van der Waals surface area contributed by atoms with Crippen molar-refractivity contribution in [2.45, 2.75) is 70.4 Å². The molecule has 0 aromatic heterocycles. The molecule has 90 valence electrons. The Balaban J connectivity index is 2.73. The number of nitrogens with two attached hydrogens (primary N) is 1. The first-order chi connectivity index (χ1) is 7.29. The molecular weight excluding hydrogens is 188 g/mol. The first kappa shape index (κ1) is 12.9. The highest BCUT2D eigenvalue weighted by atomic mass is 16.5. The van der Waals surface area contributed by atoms with Crippen LogP contribution in [0.5, 0.6) is 0 Å². The van der Waals surface area contributed by atoms with E-state index in [0.29, 0.717) is 6.04 Å². The number of rotatable bonds is 5. The molecule has 0 heterocycles. The lowest BCUT2D eigenvalue weighted by atomic mass is 9.85. The van der Waals surface area contributed by atoms with Gasteiger partial charge in [0, 0.05) is 12.6 Å². The number of nitrogens with one attached hydrogen (secondary N) is 1. The van der Waals surface area contributed by atoms with E-state index < -0.39 is 0 Å². The lowest BCUT2D eigenvalue weighted by Crippen LogP contribution is -2.54. The van der Waals surface area contributed by atoms with Crippen molar-refractivity contribution in [1.82, 2.24) is 5.43 Å². The molecule has 1 aliphatic rings. The third-order valence-electron chi connectivity index (χ3n) is 3.63. The van der Waals surface area contributed by atoms with Crippen molar-refractivity contribution in [2.24, 2.45) is 5.84 Å². The van der Waals surface area contributed by atoms with Crippen molar-refractivity contribution in [3.8, 4) is 0 Å². The molecule has 1 fully saturated rings. The van der Waals surface area contributed by atoms with Crippen LogP contribution in [0.2, 0.25) is 0 Å². The van der Waals surface area contributed by atoms with Gasteiger partial charge < -0.3 is 4.74 Å². The van der Waals surface area contributed by atoms with Crippen LogP contribution in [0.25, 0.3) is 0 Å². The van der Waals surface area contributed by atoms with Gasteiger partial charge in [0.15, 0.2) is 0 Å². The van der Waals surface area contributed by atoms with Crippen molar-refractivity contribution in [3.63, 3.8) is 0 Å². The zero-order valence-corrected chi connectivity index (χ0v) is 10.2. The van der Waals surface area contributed by atoms with Gasteiger partial charge in [0.25, 0.3) is 0 Å². The zero-order chi connectivity index (χ0) is 11.1. The molecule has 0 spiro atoms. The monoisotopic (exact) mass is 214 g/mol. The molecular formula is C12H26N2O. The van der Waals surface area contributed by atoms with Gasteiger partial charge in [-0.25, -0.2) is 0 Å². The van der Waals surface area contributed by atoms with E-state index in [0.717, 1.165) is 25.9 Å². The Hall–Kier alpha value is -0.120. The summed E-state index contributed by atoms with van der Waals surface area (Å²) in [6.07, 6.45) is 8.59. The molecule has 0 saturated heterocycles. The van der Waals surface area contributed by atoms with Crippen LogP contribution in [0.1, 0.15) is 58.8 Å². The second-order valence-corrected chi connectivity index (χ2v) is 4.54. The van der Waals surface area contributed by atoms with E-state index >= 15 is 0 Å². The summed E-state index contributed by atoms with van der Waals surface area (Å²) in [6.45, 7) is 5.05. The van der Waals surface area contributed by atoms with Crippen LogP contribution >= 0.6 is 0 Å². The molecule has 15 heavy (non-hydrogen) atoms. The SMILES string of the molecule is CCOC1(C(CC)NN)CCCCCC1. The molecule has 1 unspecified atom stereocenters. The molecule has 1 atom stereocenters. The summed E-state index contributed by atoms with van der Waals surface area (Å²) >= 11 is 0. The molecule has 0 bridgehead atoms. The highest BCUT2D eigenvalue weighted by Gasteiger charge is 2.38. The van der Waals surface area contributed by atoms with Crippen LogP contribution < -0.4 is 11.3 Å². The van der Waals surface area contributed by atoms with Crippen LogP contribution in [0, 0.1) is 0 Å². The molecule has 0 radical (unpaired) electrons. The van der Waals surface area contributed by atoms with Crippen molar-refractivity contribution < 1.29 is 4.74 Å². The summed E-state index contributed by atoms with van der Waals surface area (Å²) < 4.78 is 6.05. The van der Waals surface area contributed by atoms with Gasteiger partial charge in [-0.05, 0) is 26.2 Å². The summed E-state index contributed by atoms with van der Waals surface area (Å²) in [7, 11) is 0. The van der Waals surface area contributed by atoms with Gasteiger partial charge in [0.2, 0.25) is 0 Å². The predicted molar refractivity (Wildman–Crippen MR) is 63.5 cm³/mol. The quantitative estimate of drug-likeness (QED) is 0.419. The fourth-order valence-corrected chi connectivity index (χ4v) is 2.85. The predicted octanol–water partition coefficient (Wildman–Crippen LogP) is 2.36. The Kier molecular flexibility index (Phi) is 5.58. The maximum Gasteiger partial charge on any atom is 0.0847 e. The Morgan fingerprint density at radius 3 is 2.20 bits per heavy atom. The summed E-state index contributed by atoms with van der Waals surface area (Å²) in [5.74, 6) is 5.65. The largest absolute Gasteiger partial charge is 0.374 e. The lowest BCUT2D eigenvalue weighted by Gasteiger charge is -2.39. The molecule has 3 nitrogen and oxygen atoms in total. The normalized spacial score (nSPS) is 23.4. The Morgan fingerprint density at radius 2 is 1.80 bits per heavy atom. The standard InChI is InChI=1S/C12H26N2O/c1-3-11(14-13)12(15-4-2)9-7-5-6-8-10-12/h11,14H,3-10,13H2,1-2H3. The molecule has 1 saturated carbocycles. The van der Waals surface area contributed by atoms with Gasteiger partial charge in [0.1, 0.15) is 0 Å². The minimum atomic E-state index is -0.00521. The molecule has 0 aromatic carbocycles. The molecule has 0 aromatic rings. The van der Waals surface area contributed by atoms with Crippen molar-refractivity contribution >= 4 is 0 Å². The van der Waals surface area contributed by atoms with E-state index in [-0.39, 0.29) is 5.60 Å². The Morgan fingerprint density at radius 1 is 1.20 bits per heavy atom. The number of hydrogen-bond donors (Lipinski definition) is 2. The van der Waals surface area contributed by atoms with Gasteiger partial charge in [0.05, 0.1) is 5.60 Å². The molecule has 1 aliphatic carbocycles. The second-order valence-electron chi connectivity index (χ2n) is 4.54. The van der Waals surface area contributed by atoms with E-state index in [4.69, 9.17) is 10.6 Å². The fraction of sp³-hybridized carbons (Fsp3) is 1.00. The van der Waals surface area contributed by atoms with Crippen molar-refractivity contribution in [2.75, 3.05) is 6.61 Å². The first-order valence-corrected chi connectivity index (χ1v) is 6.39. The van der Waals surface area contributed by atoms with Crippen LogP contribution in [0.3, 0.4) is 0 Å². The lowest BCUT2D eigenvalue weighted by molar-refractivity contribution is -0.0776. The van der Waals surface area contributed by atoms with Gasteiger partial charge in [-0.15, -0.1) is 0 Å². The highest BCUT2D eigenvalue weighted by Crippen LogP contribution is 2.34. The molecule has 0 amide bonds. The average Bonchev–Trinajstić information content (AvgIpc) is 2.47. The maximum atomic E-state index is 6.05. The van der Waals surface area contributed by atoms with Crippen molar-refractivity contribution in [3.05, 3.63) is 0 Å². The number of ether oxygens (including phenoxy) is 1.